The third-order valence-electron chi connectivity index (χ3n) is 4.48. The van der Waals surface area contributed by atoms with Gasteiger partial charge in [0.05, 0.1) is 17.4 Å². The number of nitriles is 1. The number of carbonyl (C=O) groups excluding carboxylic acids is 1. The zero-order chi connectivity index (χ0) is 21.5. The number of para-hydroxylation sites is 1. The summed E-state index contributed by atoms with van der Waals surface area (Å²) in [5.41, 5.74) is 3.25. The van der Waals surface area contributed by atoms with Crippen molar-refractivity contribution in [3.63, 3.8) is 0 Å². The van der Waals surface area contributed by atoms with Gasteiger partial charge in [0, 0.05) is 11.3 Å². The van der Waals surface area contributed by atoms with Crippen LogP contribution < -0.4 is 0 Å². The molecule has 1 aromatic heterocycles. The van der Waals surface area contributed by atoms with E-state index in [-0.39, 0.29) is 18.3 Å². The molecule has 0 atom stereocenters. The van der Waals surface area contributed by atoms with E-state index in [2.05, 4.69) is 16.3 Å². The van der Waals surface area contributed by atoms with Gasteiger partial charge in [0.15, 0.2) is 11.0 Å². The number of hydrogen-bond acceptors (Lipinski definition) is 6. The first-order chi connectivity index (χ1) is 15.2. The highest BCUT2D eigenvalue weighted by Gasteiger charge is 2.17. The van der Waals surface area contributed by atoms with Crippen molar-refractivity contribution in [1.29, 1.82) is 5.26 Å². The van der Waals surface area contributed by atoms with Gasteiger partial charge < -0.3 is 4.74 Å². The van der Waals surface area contributed by atoms with Crippen LogP contribution in [0, 0.1) is 11.3 Å². The molecule has 0 saturated carbocycles. The van der Waals surface area contributed by atoms with Crippen molar-refractivity contribution >= 4 is 17.7 Å². The Labute approximate surface area is 184 Å². The van der Waals surface area contributed by atoms with Gasteiger partial charge in [0.2, 0.25) is 0 Å². The summed E-state index contributed by atoms with van der Waals surface area (Å²) in [7, 11) is 0. The van der Waals surface area contributed by atoms with Gasteiger partial charge in [0.1, 0.15) is 6.61 Å². The minimum absolute atomic E-state index is 0.107. The molecule has 31 heavy (non-hydrogen) atoms. The van der Waals surface area contributed by atoms with Gasteiger partial charge in [-0.2, -0.15) is 5.26 Å². The molecule has 0 spiro atoms. The number of carbonyl (C=O) groups is 1. The summed E-state index contributed by atoms with van der Waals surface area (Å²) in [4.78, 5) is 12.3. The minimum atomic E-state index is -0.349. The van der Waals surface area contributed by atoms with Crippen molar-refractivity contribution in [2.75, 3.05) is 5.75 Å². The average Bonchev–Trinajstić information content (AvgIpc) is 3.27. The zero-order valence-corrected chi connectivity index (χ0v) is 17.3. The molecule has 6 nitrogen and oxygen atoms in total. The molecule has 0 radical (unpaired) electrons. The van der Waals surface area contributed by atoms with Crippen LogP contribution in [0.25, 0.3) is 17.1 Å². The minimum Gasteiger partial charge on any atom is -0.460 e. The SMILES string of the molecule is N#Cc1ccc(COC(=O)CSc2nnc(-c3ccccc3)n2-c2ccccc2)cc1. The van der Waals surface area contributed by atoms with Crippen LogP contribution in [0.4, 0.5) is 0 Å². The van der Waals surface area contributed by atoms with Gasteiger partial charge in [0.25, 0.3) is 0 Å². The summed E-state index contributed by atoms with van der Waals surface area (Å²) in [5.74, 6) is 0.467. The Morgan fingerprint density at radius 3 is 2.29 bits per heavy atom. The number of aromatic nitrogens is 3. The van der Waals surface area contributed by atoms with E-state index in [0.29, 0.717) is 16.5 Å². The number of ether oxygens (including phenoxy) is 1. The molecule has 0 aliphatic carbocycles. The molecule has 0 aliphatic heterocycles. The first-order valence-electron chi connectivity index (χ1n) is 9.58. The summed E-state index contributed by atoms with van der Waals surface area (Å²) >= 11 is 1.28. The molecular formula is C24H18N4O2S. The molecule has 152 valence electrons. The van der Waals surface area contributed by atoms with Gasteiger partial charge in [-0.1, -0.05) is 72.4 Å². The van der Waals surface area contributed by atoms with E-state index in [4.69, 9.17) is 10.00 Å². The van der Waals surface area contributed by atoms with Crippen LogP contribution in [0.1, 0.15) is 11.1 Å². The van der Waals surface area contributed by atoms with Crippen LogP contribution in [0.5, 0.6) is 0 Å². The summed E-state index contributed by atoms with van der Waals surface area (Å²) in [6.45, 7) is 0.158. The fraction of sp³-hybridized carbons (Fsp3) is 0.0833. The van der Waals surface area contributed by atoms with Crippen molar-refractivity contribution in [3.8, 4) is 23.1 Å². The van der Waals surface area contributed by atoms with E-state index in [0.717, 1.165) is 16.8 Å². The molecule has 0 aliphatic rings. The normalized spacial score (nSPS) is 10.4. The Morgan fingerprint density at radius 2 is 1.61 bits per heavy atom. The molecular weight excluding hydrogens is 408 g/mol. The molecule has 4 rings (SSSR count). The number of benzene rings is 3. The van der Waals surface area contributed by atoms with Crippen molar-refractivity contribution in [2.24, 2.45) is 0 Å². The van der Waals surface area contributed by atoms with Gasteiger partial charge in [-0.15, -0.1) is 10.2 Å². The van der Waals surface area contributed by atoms with Crippen LogP contribution >= 0.6 is 11.8 Å². The van der Waals surface area contributed by atoms with Gasteiger partial charge in [-0.3, -0.25) is 9.36 Å². The highest BCUT2D eigenvalue weighted by molar-refractivity contribution is 7.99. The lowest BCUT2D eigenvalue weighted by molar-refractivity contribution is -0.141. The second kappa shape index (κ2) is 9.74. The standard InChI is InChI=1S/C24H18N4O2S/c25-15-18-11-13-19(14-12-18)16-30-22(29)17-31-24-27-26-23(20-7-3-1-4-8-20)28(24)21-9-5-2-6-10-21/h1-14H,16-17H2. The Hall–Kier alpha value is -3.89. The Bertz CT molecular complexity index is 1200. The largest absolute Gasteiger partial charge is 0.460 e. The smallest absolute Gasteiger partial charge is 0.316 e. The van der Waals surface area contributed by atoms with E-state index in [9.17, 15) is 4.79 Å². The van der Waals surface area contributed by atoms with Crippen LogP contribution in [0.15, 0.2) is 90.1 Å². The quantitative estimate of drug-likeness (QED) is 0.316. The lowest BCUT2D eigenvalue weighted by atomic mass is 10.2. The van der Waals surface area contributed by atoms with Crippen LogP contribution in [0.2, 0.25) is 0 Å². The highest BCUT2D eigenvalue weighted by atomic mass is 32.2. The Morgan fingerprint density at radius 1 is 0.935 bits per heavy atom. The second-order valence-electron chi connectivity index (χ2n) is 6.60. The van der Waals surface area contributed by atoms with Crippen molar-refractivity contribution in [1.82, 2.24) is 14.8 Å². The molecule has 0 amide bonds. The highest BCUT2D eigenvalue weighted by Crippen LogP contribution is 2.27. The molecule has 3 aromatic carbocycles. The summed E-state index contributed by atoms with van der Waals surface area (Å²) in [6.07, 6.45) is 0. The number of nitrogens with zero attached hydrogens (tertiary/aromatic N) is 4. The van der Waals surface area contributed by atoms with Crippen molar-refractivity contribution < 1.29 is 9.53 Å². The fourth-order valence-electron chi connectivity index (χ4n) is 2.95. The maximum Gasteiger partial charge on any atom is 0.316 e. The summed E-state index contributed by atoms with van der Waals surface area (Å²) in [5, 5.41) is 18.1. The van der Waals surface area contributed by atoms with Crippen molar-refractivity contribution in [3.05, 3.63) is 96.1 Å². The van der Waals surface area contributed by atoms with Crippen LogP contribution in [0.3, 0.4) is 0 Å². The van der Waals surface area contributed by atoms with Crippen LogP contribution in [-0.2, 0) is 16.1 Å². The van der Waals surface area contributed by atoms with E-state index >= 15 is 0 Å². The lowest BCUT2D eigenvalue weighted by Crippen LogP contribution is -2.08. The second-order valence-corrected chi connectivity index (χ2v) is 7.54. The van der Waals surface area contributed by atoms with Crippen LogP contribution in [-0.4, -0.2) is 26.5 Å². The predicted molar refractivity (Wildman–Crippen MR) is 118 cm³/mol. The molecule has 0 bridgehead atoms. The molecule has 4 aromatic rings. The summed E-state index contributed by atoms with van der Waals surface area (Å²) in [6, 6.07) is 28.6. The topological polar surface area (TPSA) is 80.8 Å². The first-order valence-corrected chi connectivity index (χ1v) is 10.6. The van der Waals surface area contributed by atoms with Crippen molar-refractivity contribution in [2.45, 2.75) is 11.8 Å². The molecule has 0 N–H and O–H groups in total. The third-order valence-corrected chi connectivity index (χ3v) is 5.38. The first kappa shape index (κ1) is 20.4. The molecule has 1 heterocycles. The van der Waals surface area contributed by atoms with Gasteiger partial charge in [-0.25, -0.2) is 0 Å². The molecule has 0 fully saturated rings. The number of hydrogen-bond donors (Lipinski definition) is 0. The van der Waals surface area contributed by atoms with Gasteiger partial charge >= 0.3 is 5.97 Å². The maximum atomic E-state index is 12.3. The molecule has 0 unspecified atom stereocenters. The third kappa shape index (κ3) is 5.00. The number of esters is 1. The van der Waals surface area contributed by atoms with E-state index < -0.39 is 0 Å². The number of rotatable bonds is 7. The Balaban J connectivity index is 1.47. The monoisotopic (exact) mass is 426 g/mol. The van der Waals surface area contributed by atoms with E-state index in [1.165, 1.54) is 11.8 Å². The van der Waals surface area contributed by atoms with E-state index in [1.807, 2.05) is 65.2 Å². The van der Waals surface area contributed by atoms with Gasteiger partial charge in [-0.05, 0) is 29.8 Å². The fourth-order valence-corrected chi connectivity index (χ4v) is 3.70. The molecule has 0 saturated heterocycles. The van der Waals surface area contributed by atoms with E-state index in [1.54, 1.807) is 24.3 Å². The summed E-state index contributed by atoms with van der Waals surface area (Å²) < 4.78 is 7.30. The lowest BCUT2D eigenvalue weighted by Gasteiger charge is -2.10. The zero-order valence-electron chi connectivity index (χ0n) is 16.5. The number of thioether (sulfide) groups is 1. The average molecular weight is 427 g/mol. The molecule has 7 heteroatoms. The predicted octanol–water partition coefficient (Wildman–Crippen LogP) is 4.64. The maximum absolute atomic E-state index is 12.3. The Kier molecular flexibility index (Phi) is 6.41.